The molecule has 116 valence electrons. The van der Waals surface area contributed by atoms with E-state index in [1.54, 1.807) is 12.1 Å². The Morgan fingerprint density at radius 2 is 1.91 bits per heavy atom. The number of carbonyl (C=O) groups excluding carboxylic acids is 1. The zero-order chi connectivity index (χ0) is 15.9. The van der Waals surface area contributed by atoms with E-state index in [2.05, 4.69) is 5.32 Å². The van der Waals surface area contributed by atoms with E-state index >= 15 is 0 Å². The fraction of sp³-hybridized carbons (Fsp3) is 0.235. The van der Waals surface area contributed by atoms with Crippen molar-refractivity contribution in [3.05, 3.63) is 64.9 Å². The third-order valence-electron chi connectivity index (χ3n) is 3.14. The molecule has 0 radical (unpaired) electrons. The van der Waals surface area contributed by atoms with Gasteiger partial charge in [-0.25, -0.2) is 4.39 Å². The molecule has 0 saturated carbocycles. The average Bonchev–Trinajstić information content (AvgIpc) is 2.51. The standard InChI is InChI=1S/C17H17ClFNOS/c1-12(22-16-5-3-2-4-15(16)18)17(21)20-11-10-13-6-8-14(19)9-7-13/h2-9,12H,10-11H2,1H3,(H,20,21)/t12-/m1/s1. The Balaban J connectivity index is 1.79. The predicted octanol–water partition coefficient (Wildman–Crippen LogP) is 4.32. The lowest BCUT2D eigenvalue weighted by molar-refractivity contribution is -0.120. The number of carbonyl (C=O) groups is 1. The Morgan fingerprint density at radius 1 is 1.23 bits per heavy atom. The molecule has 5 heteroatoms. The first-order valence-corrected chi connectivity index (χ1v) is 8.25. The number of hydrogen-bond donors (Lipinski definition) is 1. The quantitative estimate of drug-likeness (QED) is 0.795. The Bertz CT molecular complexity index is 633. The number of halogens is 2. The van der Waals surface area contributed by atoms with Gasteiger partial charge in [0.25, 0.3) is 0 Å². The molecule has 2 aromatic carbocycles. The molecule has 0 aliphatic heterocycles. The summed E-state index contributed by atoms with van der Waals surface area (Å²) in [5.74, 6) is -0.287. The van der Waals surface area contributed by atoms with Gasteiger partial charge in [0, 0.05) is 11.4 Å². The molecular formula is C17H17ClFNOS. The molecule has 1 atom stereocenters. The highest BCUT2D eigenvalue weighted by molar-refractivity contribution is 8.00. The Labute approximate surface area is 139 Å². The molecule has 2 rings (SSSR count). The molecule has 1 amide bonds. The zero-order valence-corrected chi connectivity index (χ0v) is 13.8. The molecule has 0 aliphatic carbocycles. The van der Waals surface area contributed by atoms with Crippen LogP contribution in [0.15, 0.2) is 53.4 Å². The van der Waals surface area contributed by atoms with Crippen LogP contribution in [0.25, 0.3) is 0 Å². The summed E-state index contributed by atoms with van der Waals surface area (Å²) in [4.78, 5) is 13.0. The number of hydrogen-bond acceptors (Lipinski definition) is 2. The topological polar surface area (TPSA) is 29.1 Å². The third-order valence-corrected chi connectivity index (χ3v) is 4.75. The number of benzene rings is 2. The highest BCUT2D eigenvalue weighted by Gasteiger charge is 2.15. The van der Waals surface area contributed by atoms with E-state index in [0.29, 0.717) is 18.0 Å². The van der Waals surface area contributed by atoms with Crippen LogP contribution < -0.4 is 5.32 Å². The SMILES string of the molecule is C[C@@H](Sc1ccccc1Cl)C(=O)NCCc1ccc(F)cc1. The van der Waals surface area contributed by atoms with Gasteiger partial charge in [-0.2, -0.15) is 0 Å². The van der Waals surface area contributed by atoms with E-state index in [9.17, 15) is 9.18 Å². The van der Waals surface area contributed by atoms with Crippen molar-refractivity contribution in [1.82, 2.24) is 5.32 Å². The van der Waals surface area contributed by atoms with Crippen molar-refractivity contribution in [3.8, 4) is 0 Å². The van der Waals surface area contributed by atoms with Crippen LogP contribution in [-0.2, 0) is 11.2 Å². The lowest BCUT2D eigenvalue weighted by Crippen LogP contribution is -2.32. The highest BCUT2D eigenvalue weighted by Crippen LogP contribution is 2.29. The van der Waals surface area contributed by atoms with Gasteiger partial charge >= 0.3 is 0 Å². The Kier molecular flexibility index (Phi) is 6.28. The summed E-state index contributed by atoms with van der Waals surface area (Å²) >= 11 is 7.52. The normalized spacial score (nSPS) is 12.0. The second-order valence-corrected chi connectivity index (χ2v) is 6.65. The highest BCUT2D eigenvalue weighted by atomic mass is 35.5. The maximum atomic E-state index is 12.8. The molecule has 0 aliphatic rings. The van der Waals surface area contributed by atoms with Gasteiger partial charge in [-0.05, 0) is 43.2 Å². The first-order chi connectivity index (χ1) is 10.6. The van der Waals surface area contributed by atoms with Gasteiger partial charge < -0.3 is 5.32 Å². The van der Waals surface area contributed by atoms with Crippen molar-refractivity contribution in [2.75, 3.05) is 6.54 Å². The van der Waals surface area contributed by atoms with Gasteiger partial charge in [-0.1, -0.05) is 35.9 Å². The van der Waals surface area contributed by atoms with E-state index in [0.717, 1.165) is 10.5 Å². The van der Waals surface area contributed by atoms with E-state index in [1.807, 2.05) is 31.2 Å². The molecule has 0 fully saturated rings. The Morgan fingerprint density at radius 3 is 2.59 bits per heavy atom. The minimum absolute atomic E-state index is 0.0352. The Hall–Kier alpha value is -1.52. The summed E-state index contributed by atoms with van der Waals surface area (Å²) in [6.07, 6.45) is 0.676. The van der Waals surface area contributed by atoms with Crippen LogP contribution in [0.5, 0.6) is 0 Å². The van der Waals surface area contributed by atoms with E-state index in [1.165, 1.54) is 23.9 Å². The lowest BCUT2D eigenvalue weighted by Gasteiger charge is -2.12. The van der Waals surface area contributed by atoms with Crippen molar-refractivity contribution in [3.63, 3.8) is 0 Å². The fourth-order valence-corrected chi connectivity index (χ4v) is 3.09. The average molecular weight is 338 g/mol. The van der Waals surface area contributed by atoms with Crippen molar-refractivity contribution in [1.29, 1.82) is 0 Å². The molecule has 0 saturated heterocycles. The van der Waals surface area contributed by atoms with Gasteiger partial charge in [0.05, 0.1) is 10.3 Å². The molecule has 1 N–H and O–H groups in total. The predicted molar refractivity (Wildman–Crippen MR) is 89.9 cm³/mol. The summed E-state index contributed by atoms with van der Waals surface area (Å²) in [6, 6.07) is 13.8. The first kappa shape index (κ1) is 16.8. The number of thioether (sulfide) groups is 1. The molecule has 0 bridgehead atoms. The molecule has 0 spiro atoms. The number of rotatable bonds is 6. The second-order valence-electron chi connectivity index (χ2n) is 4.86. The molecule has 0 unspecified atom stereocenters. The molecular weight excluding hydrogens is 321 g/mol. The summed E-state index contributed by atoms with van der Waals surface area (Å²) in [5, 5.41) is 3.31. The minimum Gasteiger partial charge on any atom is -0.355 e. The van der Waals surface area contributed by atoms with Gasteiger partial charge in [-0.15, -0.1) is 11.8 Å². The molecule has 2 aromatic rings. The van der Waals surface area contributed by atoms with Crippen LogP contribution in [0.4, 0.5) is 4.39 Å². The van der Waals surface area contributed by atoms with Crippen LogP contribution in [0, 0.1) is 5.82 Å². The summed E-state index contributed by atoms with van der Waals surface area (Å²) in [7, 11) is 0. The van der Waals surface area contributed by atoms with Gasteiger partial charge in [0.15, 0.2) is 0 Å². The van der Waals surface area contributed by atoms with E-state index in [-0.39, 0.29) is 17.0 Å². The summed E-state index contributed by atoms with van der Waals surface area (Å²) < 4.78 is 12.8. The largest absolute Gasteiger partial charge is 0.355 e. The second kappa shape index (κ2) is 8.20. The van der Waals surface area contributed by atoms with Crippen molar-refractivity contribution < 1.29 is 9.18 Å². The van der Waals surface area contributed by atoms with Crippen molar-refractivity contribution in [2.24, 2.45) is 0 Å². The zero-order valence-electron chi connectivity index (χ0n) is 12.2. The van der Waals surface area contributed by atoms with E-state index < -0.39 is 0 Å². The van der Waals surface area contributed by atoms with Crippen LogP contribution in [0.1, 0.15) is 12.5 Å². The smallest absolute Gasteiger partial charge is 0.233 e. The molecule has 0 aromatic heterocycles. The van der Waals surface area contributed by atoms with Crippen LogP contribution in [0.2, 0.25) is 5.02 Å². The fourth-order valence-electron chi connectivity index (χ4n) is 1.91. The van der Waals surface area contributed by atoms with Gasteiger partial charge in [0.1, 0.15) is 5.82 Å². The number of nitrogens with one attached hydrogen (secondary N) is 1. The summed E-state index contributed by atoms with van der Waals surface area (Å²) in [6.45, 7) is 2.37. The first-order valence-electron chi connectivity index (χ1n) is 6.99. The van der Waals surface area contributed by atoms with Gasteiger partial charge in [0.2, 0.25) is 5.91 Å². The summed E-state index contributed by atoms with van der Waals surface area (Å²) in [5.41, 5.74) is 0.994. The monoisotopic (exact) mass is 337 g/mol. The molecule has 0 heterocycles. The maximum Gasteiger partial charge on any atom is 0.233 e. The van der Waals surface area contributed by atoms with Crippen LogP contribution >= 0.6 is 23.4 Å². The van der Waals surface area contributed by atoms with Gasteiger partial charge in [-0.3, -0.25) is 4.79 Å². The molecule has 22 heavy (non-hydrogen) atoms. The number of amides is 1. The van der Waals surface area contributed by atoms with E-state index in [4.69, 9.17) is 11.6 Å². The minimum atomic E-state index is -0.252. The van der Waals surface area contributed by atoms with Crippen LogP contribution in [0.3, 0.4) is 0 Å². The van der Waals surface area contributed by atoms with Crippen molar-refractivity contribution in [2.45, 2.75) is 23.5 Å². The lowest BCUT2D eigenvalue weighted by atomic mass is 10.1. The third kappa shape index (κ3) is 5.04. The molecule has 2 nitrogen and oxygen atoms in total. The van der Waals surface area contributed by atoms with Crippen LogP contribution in [-0.4, -0.2) is 17.7 Å². The maximum absolute atomic E-state index is 12.8. The van der Waals surface area contributed by atoms with Crippen molar-refractivity contribution >= 4 is 29.3 Å².